The minimum Gasteiger partial charge on any atom is -0.368 e. The summed E-state index contributed by atoms with van der Waals surface area (Å²) in [5.74, 6) is -0.640. The number of rotatable bonds is 4. The number of fused-ring (bicyclic) bond motifs is 1. The lowest BCUT2D eigenvalue weighted by atomic mass is 10.1. The molecule has 0 atom stereocenters. The van der Waals surface area contributed by atoms with Gasteiger partial charge in [0.15, 0.2) is 0 Å². The van der Waals surface area contributed by atoms with Gasteiger partial charge in [-0.1, -0.05) is 6.07 Å². The first-order valence-corrected chi connectivity index (χ1v) is 6.02. The van der Waals surface area contributed by atoms with Crippen molar-refractivity contribution in [3.8, 4) is 0 Å². The van der Waals surface area contributed by atoms with E-state index in [0.717, 1.165) is 18.7 Å². The van der Waals surface area contributed by atoms with Crippen LogP contribution < -0.4 is 11.1 Å². The summed E-state index contributed by atoms with van der Waals surface area (Å²) in [6.07, 6.45) is 0. The van der Waals surface area contributed by atoms with E-state index in [4.69, 9.17) is 5.73 Å². The van der Waals surface area contributed by atoms with Gasteiger partial charge in [-0.25, -0.2) is 0 Å². The van der Waals surface area contributed by atoms with Crippen molar-refractivity contribution >= 4 is 11.8 Å². The highest BCUT2D eigenvalue weighted by Crippen LogP contribution is 2.18. The standard InChI is InChI=1S/C13H17N3O2/c1-2-16(8-12(14)17)13(18)9-3-4-10-6-15-7-11(10)5-9/h3-5,15H,2,6-8H2,1H3,(H2,14,17). The monoisotopic (exact) mass is 247 g/mol. The smallest absolute Gasteiger partial charge is 0.254 e. The Morgan fingerprint density at radius 2 is 2.06 bits per heavy atom. The van der Waals surface area contributed by atoms with E-state index in [0.29, 0.717) is 12.1 Å². The molecule has 0 saturated carbocycles. The predicted octanol–water partition coefficient (Wildman–Crippen LogP) is 0.237. The lowest BCUT2D eigenvalue weighted by Gasteiger charge is -2.19. The summed E-state index contributed by atoms with van der Waals surface area (Å²) in [5.41, 5.74) is 8.12. The summed E-state index contributed by atoms with van der Waals surface area (Å²) in [6.45, 7) is 3.90. The van der Waals surface area contributed by atoms with Crippen LogP contribution in [0.25, 0.3) is 0 Å². The van der Waals surface area contributed by atoms with E-state index < -0.39 is 5.91 Å². The van der Waals surface area contributed by atoms with Crippen molar-refractivity contribution in [3.05, 3.63) is 34.9 Å². The summed E-state index contributed by atoms with van der Waals surface area (Å²) >= 11 is 0. The van der Waals surface area contributed by atoms with Crippen molar-refractivity contribution in [1.29, 1.82) is 0 Å². The topological polar surface area (TPSA) is 75.4 Å². The van der Waals surface area contributed by atoms with Crippen molar-refractivity contribution in [2.45, 2.75) is 20.0 Å². The van der Waals surface area contributed by atoms with Crippen LogP contribution in [0.15, 0.2) is 18.2 Å². The second kappa shape index (κ2) is 5.18. The van der Waals surface area contributed by atoms with Crippen molar-refractivity contribution in [3.63, 3.8) is 0 Å². The number of hydrogen-bond acceptors (Lipinski definition) is 3. The Balaban J connectivity index is 2.19. The van der Waals surface area contributed by atoms with Crippen LogP contribution in [0.4, 0.5) is 0 Å². The maximum absolute atomic E-state index is 12.2. The molecule has 1 heterocycles. The van der Waals surface area contributed by atoms with Crippen molar-refractivity contribution in [2.24, 2.45) is 5.73 Å². The summed E-state index contributed by atoms with van der Waals surface area (Å²) in [7, 11) is 0. The van der Waals surface area contributed by atoms with Crippen molar-refractivity contribution in [1.82, 2.24) is 10.2 Å². The third kappa shape index (κ3) is 2.51. The van der Waals surface area contributed by atoms with Crippen LogP contribution in [0, 0.1) is 0 Å². The highest BCUT2D eigenvalue weighted by atomic mass is 16.2. The van der Waals surface area contributed by atoms with Crippen LogP contribution in [0.3, 0.4) is 0 Å². The van der Waals surface area contributed by atoms with Crippen LogP contribution >= 0.6 is 0 Å². The van der Waals surface area contributed by atoms with Crippen LogP contribution in [0.5, 0.6) is 0 Å². The van der Waals surface area contributed by atoms with E-state index in [-0.39, 0.29) is 12.5 Å². The zero-order valence-corrected chi connectivity index (χ0v) is 10.4. The molecule has 1 aliphatic rings. The van der Waals surface area contributed by atoms with Gasteiger partial charge in [-0.3, -0.25) is 9.59 Å². The van der Waals surface area contributed by atoms with Crippen molar-refractivity contribution < 1.29 is 9.59 Å². The summed E-state index contributed by atoms with van der Waals surface area (Å²) in [5, 5.41) is 3.23. The molecule has 0 radical (unpaired) electrons. The molecule has 0 aromatic heterocycles. The first-order valence-electron chi connectivity index (χ1n) is 6.02. The number of likely N-dealkylation sites (N-methyl/N-ethyl adjacent to an activating group) is 1. The highest BCUT2D eigenvalue weighted by Gasteiger charge is 2.18. The molecule has 2 amide bonds. The average molecular weight is 247 g/mol. The maximum atomic E-state index is 12.2. The third-order valence-electron chi connectivity index (χ3n) is 3.10. The molecule has 2 rings (SSSR count). The Morgan fingerprint density at radius 3 is 2.72 bits per heavy atom. The van der Waals surface area contributed by atoms with Crippen LogP contribution in [0.2, 0.25) is 0 Å². The fraction of sp³-hybridized carbons (Fsp3) is 0.385. The molecule has 1 aliphatic heterocycles. The van der Waals surface area contributed by atoms with Gasteiger partial charge in [0.2, 0.25) is 5.91 Å². The van der Waals surface area contributed by atoms with Gasteiger partial charge in [0.25, 0.3) is 5.91 Å². The van der Waals surface area contributed by atoms with Gasteiger partial charge >= 0.3 is 0 Å². The van der Waals surface area contributed by atoms with Crippen LogP contribution in [0.1, 0.15) is 28.4 Å². The maximum Gasteiger partial charge on any atom is 0.254 e. The first-order chi connectivity index (χ1) is 8.61. The van der Waals surface area contributed by atoms with E-state index in [1.807, 2.05) is 19.1 Å². The number of carbonyl (C=O) groups excluding carboxylic acids is 2. The van der Waals surface area contributed by atoms with E-state index in [1.165, 1.54) is 10.5 Å². The van der Waals surface area contributed by atoms with Gasteiger partial charge in [-0.2, -0.15) is 0 Å². The molecular formula is C13H17N3O2. The Bertz CT molecular complexity index is 485. The fourth-order valence-corrected chi connectivity index (χ4v) is 2.13. The third-order valence-corrected chi connectivity index (χ3v) is 3.10. The lowest BCUT2D eigenvalue weighted by molar-refractivity contribution is -0.118. The quantitative estimate of drug-likeness (QED) is 0.800. The van der Waals surface area contributed by atoms with Crippen LogP contribution in [-0.2, 0) is 17.9 Å². The Labute approximate surface area is 106 Å². The number of nitrogens with one attached hydrogen (secondary N) is 1. The molecule has 18 heavy (non-hydrogen) atoms. The minimum atomic E-state index is -0.493. The number of hydrogen-bond donors (Lipinski definition) is 2. The fourth-order valence-electron chi connectivity index (χ4n) is 2.13. The van der Waals surface area contributed by atoms with E-state index >= 15 is 0 Å². The second-order valence-electron chi connectivity index (χ2n) is 4.37. The molecule has 5 heteroatoms. The molecule has 0 saturated heterocycles. The number of carbonyl (C=O) groups is 2. The SMILES string of the molecule is CCN(CC(N)=O)C(=O)c1ccc2c(c1)CNC2. The van der Waals surface area contributed by atoms with Gasteiger partial charge < -0.3 is 16.0 Å². The molecule has 0 aliphatic carbocycles. The lowest BCUT2D eigenvalue weighted by Crippen LogP contribution is -2.38. The summed E-state index contributed by atoms with van der Waals surface area (Å²) < 4.78 is 0. The number of amides is 2. The predicted molar refractivity (Wildman–Crippen MR) is 67.8 cm³/mol. The molecule has 0 fully saturated rings. The Morgan fingerprint density at radius 1 is 1.33 bits per heavy atom. The molecule has 1 aromatic carbocycles. The molecule has 3 N–H and O–H groups in total. The van der Waals surface area contributed by atoms with Crippen LogP contribution in [-0.4, -0.2) is 29.8 Å². The molecule has 0 unspecified atom stereocenters. The average Bonchev–Trinajstić information content (AvgIpc) is 2.81. The first kappa shape index (κ1) is 12.6. The Kier molecular flexibility index (Phi) is 3.62. The highest BCUT2D eigenvalue weighted by molar-refractivity contribution is 5.96. The second-order valence-corrected chi connectivity index (χ2v) is 4.37. The molecule has 1 aromatic rings. The molecule has 0 spiro atoms. The number of primary amides is 1. The van der Waals surface area contributed by atoms with Gasteiger partial charge in [0.1, 0.15) is 0 Å². The molecule has 96 valence electrons. The van der Waals surface area contributed by atoms with Gasteiger partial charge in [-0.05, 0) is 30.2 Å². The van der Waals surface area contributed by atoms with Gasteiger partial charge in [0.05, 0.1) is 6.54 Å². The van der Waals surface area contributed by atoms with Gasteiger partial charge in [0, 0.05) is 25.2 Å². The summed E-state index contributed by atoms with van der Waals surface area (Å²) in [6, 6.07) is 5.65. The number of nitrogens with zero attached hydrogens (tertiary/aromatic N) is 1. The van der Waals surface area contributed by atoms with Gasteiger partial charge in [-0.15, -0.1) is 0 Å². The zero-order valence-electron chi connectivity index (χ0n) is 10.4. The minimum absolute atomic E-state index is 0.0370. The Hall–Kier alpha value is -1.88. The normalized spacial score (nSPS) is 13.2. The van der Waals surface area contributed by atoms with E-state index in [1.54, 1.807) is 6.07 Å². The number of benzene rings is 1. The van der Waals surface area contributed by atoms with Crippen molar-refractivity contribution in [2.75, 3.05) is 13.1 Å². The number of nitrogens with two attached hydrogens (primary N) is 1. The molecule has 5 nitrogen and oxygen atoms in total. The molecule has 0 bridgehead atoms. The zero-order chi connectivity index (χ0) is 13.1. The summed E-state index contributed by atoms with van der Waals surface area (Å²) in [4.78, 5) is 24.6. The molecular weight excluding hydrogens is 230 g/mol. The van der Waals surface area contributed by atoms with E-state index in [9.17, 15) is 9.59 Å². The largest absolute Gasteiger partial charge is 0.368 e. The van der Waals surface area contributed by atoms with E-state index in [2.05, 4.69) is 5.32 Å².